The van der Waals surface area contributed by atoms with Crippen LogP contribution < -0.4 is 5.32 Å². The van der Waals surface area contributed by atoms with Crippen molar-refractivity contribution in [2.75, 3.05) is 5.32 Å². The number of nitrogens with zero attached hydrogens (tertiary/aromatic N) is 2. The van der Waals surface area contributed by atoms with E-state index in [1.54, 1.807) is 6.92 Å². The third kappa shape index (κ3) is 2.70. The molecule has 4 heteroatoms. The molecule has 96 valence electrons. The molecule has 0 aliphatic heterocycles. The summed E-state index contributed by atoms with van der Waals surface area (Å²) in [6.45, 7) is 6.73. The maximum atomic E-state index is 4.96. The average Bonchev–Trinajstić information content (AvgIpc) is 2.81. The zero-order valence-corrected chi connectivity index (χ0v) is 11.2. The number of anilines is 1. The highest BCUT2D eigenvalue weighted by Crippen LogP contribution is 2.22. The summed E-state index contributed by atoms with van der Waals surface area (Å²) in [6.07, 6.45) is 2.03. The molecular formula is C14H19N3O. The van der Waals surface area contributed by atoms with E-state index < -0.39 is 0 Å². The fraction of sp³-hybridized carbons (Fsp3) is 0.429. The van der Waals surface area contributed by atoms with E-state index in [1.807, 2.05) is 0 Å². The third-order valence-corrected chi connectivity index (χ3v) is 2.99. The summed E-state index contributed by atoms with van der Waals surface area (Å²) in [4.78, 5) is 4.20. The van der Waals surface area contributed by atoms with Crippen molar-refractivity contribution in [1.29, 1.82) is 0 Å². The van der Waals surface area contributed by atoms with Crippen molar-refractivity contribution in [3.63, 3.8) is 0 Å². The smallest absolute Gasteiger partial charge is 0.223 e. The molecule has 0 fully saturated rings. The number of hydrogen-bond acceptors (Lipinski definition) is 4. The summed E-state index contributed by atoms with van der Waals surface area (Å²) >= 11 is 0. The quantitative estimate of drug-likeness (QED) is 0.879. The van der Waals surface area contributed by atoms with Gasteiger partial charge in [0.1, 0.15) is 0 Å². The summed E-state index contributed by atoms with van der Waals surface area (Å²) in [5, 5.41) is 7.32. The van der Waals surface area contributed by atoms with Crippen molar-refractivity contribution >= 4 is 5.69 Å². The number of aromatic nitrogens is 2. The lowest BCUT2D eigenvalue weighted by molar-refractivity contribution is 0.388. The molecule has 1 N–H and O–H groups in total. The predicted octanol–water partition coefficient (Wildman–Crippen LogP) is 3.11. The molecule has 0 unspecified atom stereocenters. The Labute approximate surface area is 107 Å². The van der Waals surface area contributed by atoms with Crippen molar-refractivity contribution in [2.45, 2.75) is 40.2 Å². The lowest BCUT2D eigenvalue weighted by Crippen LogP contribution is -2.06. The number of para-hydroxylation sites is 1. The SMILES string of the molecule is CCc1cccc(CC)c1NCc1noc(C)n1. The van der Waals surface area contributed by atoms with Crippen molar-refractivity contribution in [3.05, 3.63) is 41.0 Å². The summed E-state index contributed by atoms with van der Waals surface area (Å²) in [5.41, 5.74) is 3.87. The third-order valence-electron chi connectivity index (χ3n) is 2.99. The highest BCUT2D eigenvalue weighted by molar-refractivity contribution is 5.57. The van der Waals surface area contributed by atoms with Crippen LogP contribution in [0.5, 0.6) is 0 Å². The Bertz CT molecular complexity index is 497. The zero-order chi connectivity index (χ0) is 13.0. The molecular weight excluding hydrogens is 226 g/mol. The average molecular weight is 245 g/mol. The molecule has 4 nitrogen and oxygen atoms in total. The lowest BCUT2D eigenvalue weighted by atomic mass is 10.0. The Balaban J connectivity index is 2.17. The van der Waals surface area contributed by atoms with Gasteiger partial charge in [0.05, 0.1) is 6.54 Å². The number of hydrogen-bond donors (Lipinski definition) is 1. The Hall–Kier alpha value is -1.84. The number of aryl methyl sites for hydroxylation is 3. The second kappa shape index (κ2) is 5.67. The molecule has 0 amide bonds. The van der Waals surface area contributed by atoms with Crippen LogP contribution in [0, 0.1) is 6.92 Å². The number of rotatable bonds is 5. The van der Waals surface area contributed by atoms with Gasteiger partial charge < -0.3 is 9.84 Å². The molecule has 0 saturated heterocycles. The van der Waals surface area contributed by atoms with E-state index in [0.717, 1.165) is 12.8 Å². The van der Waals surface area contributed by atoms with Gasteiger partial charge in [0.15, 0.2) is 5.82 Å². The monoisotopic (exact) mass is 245 g/mol. The van der Waals surface area contributed by atoms with Crippen molar-refractivity contribution in [3.8, 4) is 0 Å². The van der Waals surface area contributed by atoms with Gasteiger partial charge in [0.2, 0.25) is 5.89 Å². The van der Waals surface area contributed by atoms with Crippen molar-refractivity contribution in [2.24, 2.45) is 0 Å². The molecule has 0 radical (unpaired) electrons. The van der Waals surface area contributed by atoms with Crippen LogP contribution in [0.1, 0.15) is 36.7 Å². The molecule has 0 bridgehead atoms. The van der Waals surface area contributed by atoms with Gasteiger partial charge in [-0.15, -0.1) is 0 Å². The van der Waals surface area contributed by atoms with E-state index in [1.165, 1.54) is 16.8 Å². The Kier molecular flexibility index (Phi) is 3.97. The number of benzene rings is 1. The van der Waals surface area contributed by atoms with E-state index in [4.69, 9.17) is 4.52 Å². The normalized spacial score (nSPS) is 10.6. The van der Waals surface area contributed by atoms with Crippen LogP contribution >= 0.6 is 0 Å². The molecule has 1 aromatic heterocycles. The minimum atomic E-state index is 0.599. The van der Waals surface area contributed by atoms with Gasteiger partial charge in [0, 0.05) is 12.6 Å². The van der Waals surface area contributed by atoms with Crippen molar-refractivity contribution in [1.82, 2.24) is 10.1 Å². The van der Waals surface area contributed by atoms with Crippen LogP contribution in [0.2, 0.25) is 0 Å². The number of nitrogens with one attached hydrogen (secondary N) is 1. The van der Waals surface area contributed by atoms with Crippen LogP contribution in [-0.2, 0) is 19.4 Å². The molecule has 2 aromatic rings. The molecule has 0 atom stereocenters. The Morgan fingerprint density at radius 2 is 1.83 bits per heavy atom. The standard InChI is InChI=1S/C14H19N3O/c1-4-11-7-6-8-12(5-2)14(11)15-9-13-16-10(3)18-17-13/h6-8,15H,4-5,9H2,1-3H3. The topological polar surface area (TPSA) is 51.0 Å². The van der Waals surface area contributed by atoms with E-state index in [2.05, 4.69) is 47.5 Å². The van der Waals surface area contributed by atoms with Gasteiger partial charge in [-0.3, -0.25) is 0 Å². The maximum absolute atomic E-state index is 4.96. The van der Waals surface area contributed by atoms with Gasteiger partial charge in [-0.25, -0.2) is 0 Å². The van der Waals surface area contributed by atoms with Gasteiger partial charge in [-0.2, -0.15) is 4.98 Å². The largest absolute Gasteiger partial charge is 0.377 e. The van der Waals surface area contributed by atoms with E-state index >= 15 is 0 Å². The van der Waals surface area contributed by atoms with Gasteiger partial charge >= 0.3 is 0 Å². The first-order valence-corrected chi connectivity index (χ1v) is 6.38. The van der Waals surface area contributed by atoms with Gasteiger partial charge in [-0.05, 0) is 24.0 Å². The fourth-order valence-electron chi connectivity index (χ4n) is 2.05. The summed E-state index contributed by atoms with van der Waals surface area (Å²) in [6, 6.07) is 6.42. The predicted molar refractivity (Wildman–Crippen MR) is 71.6 cm³/mol. The van der Waals surface area contributed by atoms with Crippen LogP contribution in [0.3, 0.4) is 0 Å². The Morgan fingerprint density at radius 3 is 2.33 bits per heavy atom. The molecule has 1 aromatic carbocycles. The summed E-state index contributed by atoms with van der Waals surface area (Å²) in [7, 11) is 0. The van der Waals surface area contributed by atoms with E-state index in [9.17, 15) is 0 Å². The van der Waals surface area contributed by atoms with Gasteiger partial charge in [-0.1, -0.05) is 37.2 Å². The van der Waals surface area contributed by atoms with Crippen LogP contribution in [-0.4, -0.2) is 10.1 Å². The highest BCUT2D eigenvalue weighted by atomic mass is 16.5. The minimum Gasteiger partial charge on any atom is -0.377 e. The second-order valence-corrected chi connectivity index (χ2v) is 4.24. The Morgan fingerprint density at radius 1 is 1.17 bits per heavy atom. The van der Waals surface area contributed by atoms with E-state index in [-0.39, 0.29) is 0 Å². The van der Waals surface area contributed by atoms with Crippen LogP contribution in [0.25, 0.3) is 0 Å². The van der Waals surface area contributed by atoms with Crippen molar-refractivity contribution < 1.29 is 4.52 Å². The molecule has 1 heterocycles. The molecule has 0 aliphatic rings. The first-order chi connectivity index (χ1) is 8.74. The minimum absolute atomic E-state index is 0.599. The van der Waals surface area contributed by atoms with Crippen LogP contribution in [0.4, 0.5) is 5.69 Å². The van der Waals surface area contributed by atoms with E-state index in [0.29, 0.717) is 18.3 Å². The molecule has 0 saturated carbocycles. The molecule has 18 heavy (non-hydrogen) atoms. The second-order valence-electron chi connectivity index (χ2n) is 4.24. The maximum Gasteiger partial charge on any atom is 0.223 e. The molecule has 0 spiro atoms. The van der Waals surface area contributed by atoms with Crippen LogP contribution in [0.15, 0.2) is 22.7 Å². The fourth-order valence-corrected chi connectivity index (χ4v) is 2.05. The molecule has 2 rings (SSSR count). The highest BCUT2D eigenvalue weighted by Gasteiger charge is 2.07. The van der Waals surface area contributed by atoms with Gasteiger partial charge in [0.25, 0.3) is 0 Å². The zero-order valence-electron chi connectivity index (χ0n) is 11.2. The summed E-state index contributed by atoms with van der Waals surface area (Å²) < 4.78 is 4.96. The first-order valence-electron chi connectivity index (χ1n) is 6.38. The molecule has 0 aliphatic carbocycles. The first kappa shape index (κ1) is 12.6. The lowest BCUT2D eigenvalue weighted by Gasteiger charge is -2.14. The summed E-state index contributed by atoms with van der Waals surface area (Å²) in [5.74, 6) is 1.30.